The molecule has 0 bridgehead atoms. The molecule has 0 unspecified atom stereocenters. The van der Waals surface area contributed by atoms with Crippen LogP contribution in [-0.4, -0.2) is 9.36 Å². The van der Waals surface area contributed by atoms with Gasteiger partial charge in [-0.05, 0) is 32.0 Å². The van der Waals surface area contributed by atoms with Crippen molar-refractivity contribution in [1.29, 1.82) is 0 Å². The van der Waals surface area contributed by atoms with Crippen molar-refractivity contribution < 1.29 is 0 Å². The number of rotatable bonds is 2. The maximum absolute atomic E-state index is 12.1. The summed E-state index contributed by atoms with van der Waals surface area (Å²) in [6, 6.07) is 4.99. The van der Waals surface area contributed by atoms with E-state index in [1.54, 1.807) is 29.8 Å². The molecular weight excluding hydrogens is 273 g/mol. The van der Waals surface area contributed by atoms with E-state index in [1.807, 2.05) is 6.92 Å². The Balaban J connectivity index is 2.79. The van der Waals surface area contributed by atoms with Crippen molar-refractivity contribution in [2.24, 2.45) is 0 Å². The van der Waals surface area contributed by atoms with E-state index < -0.39 is 0 Å². The summed E-state index contributed by atoms with van der Waals surface area (Å²) < 4.78 is 3.26. The van der Waals surface area contributed by atoms with Crippen molar-refractivity contribution in [3.63, 3.8) is 0 Å². The SMILES string of the molecule is CCn1c(C)c(N)c(=O)n1-c1ccc(Cl)cc1Cl. The van der Waals surface area contributed by atoms with Crippen LogP contribution in [0.4, 0.5) is 5.69 Å². The summed E-state index contributed by atoms with van der Waals surface area (Å²) in [5.41, 5.74) is 7.05. The van der Waals surface area contributed by atoms with Crippen molar-refractivity contribution in [2.75, 3.05) is 5.73 Å². The number of hydrogen-bond donors (Lipinski definition) is 1. The van der Waals surface area contributed by atoms with Crippen molar-refractivity contribution in [3.8, 4) is 5.69 Å². The van der Waals surface area contributed by atoms with Crippen LogP contribution in [0.3, 0.4) is 0 Å². The Bertz CT molecular complexity index is 658. The molecule has 0 radical (unpaired) electrons. The summed E-state index contributed by atoms with van der Waals surface area (Å²) in [6.45, 7) is 4.37. The highest BCUT2D eigenvalue weighted by Crippen LogP contribution is 2.24. The number of nitrogen functional groups attached to an aromatic ring is 1. The minimum atomic E-state index is -0.265. The van der Waals surface area contributed by atoms with E-state index in [-0.39, 0.29) is 11.2 Å². The minimum absolute atomic E-state index is 0.239. The van der Waals surface area contributed by atoms with Gasteiger partial charge in [-0.15, -0.1) is 0 Å². The minimum Gasteiger partial charge on any atom is -0.393 e. The molecule has 0 fully saturated rings. The van der Waals surface area contributed by atoms with Gasteiger partial charge in [0, 0.05) is 11.6 Å². The number of aromatic nitrogens is 2. The van der Waals surface area contributed by atoms with Crippen molar-refractivity contribution in [2.45, 2.75) is 20.4 Å². The first-order valence-electron chi connectivity index (χ1n) is 5.50. The summed E-state index contributed by atoms with van der Waals surface area (Å²) in [5, 5.41) is 0.938. The van der Waals surface area contributed by atoms with Crippen LogP contribution in [0.5, 0.6) is 0 Å². The van der Waals surface area contributed by atoms with E-state index in [0.29, 0.717) is 22.3 Å². The normalized spacial score (nSPS) is 10.9. The van der Waals surface area contributed by atoms with Crippen LogP contribution in [0, 0.1) is 6.92 Å². The molecule has 0 saturated carbocycles. The van der Waals surface area contributed by atoms with Crippen molar-refractivity contribution in [3.05, 3.63) is 44.3 Å². The van der Waals surface area contributed by atoms with Crippen LogP contribution in [0.2, 0.25) is 10.0 Å². The molecule has 18 heavy (non-hydrogen) atoms. The summed E-state index contributed by atoms with van der Waals surface area (Å²) in [5.74, 6) is 0. The topological polar surface area (TPSA) is 52.9 Å². The van der Waals surface area contributed by atoms with Crippen LogP contribution in [0.15, 0.2) is 23.0 Å². The predicted molar refractivity (Wildman–Crippen MR) is 74.9 cm³/mol. The molecule has 2 N–H and O–H groups in total. The molecule has 1 aromatic carbocycles. The summed E-state index contributed by atoms with van der Waals surface area (Å²) in [4.78, 5) is 12.1. The lowest BCUT2D eigenvalue weighted by Crippen LogP contribution is -2.22. The molecule has 1 heterocycles. The molecular formula is C12H13Cl2N3O. The zero-order valence-electron chi connectivity index (χ0n) is 10.1. The van der Waals surface area contributed by atoms with E-state index in [4.69, 9.17) is 28.9 Å². The van der Waals surface area contributed by atoms with Crippen LogP contribution in [-0.2, 0) is 6.54 Å². The highest BCUT2D eigenvalue weighted by atomic mass is 35.5. The largest absolute Gasteiger partial charge is 0.393 e. The van der Waals surface area contributed by atoms with Gasteiger partial charge in [-0.2, -0.15) is 0 Å². The number of hydrogen-bond acceptors (Lipinski definition) is 2. The third-order valence-corrected chi connectivity index (χ3v) is 3.42. The van der Waals surface area contributed by atoms with E-state index in [9.17, 15) is 4.79 Å². The van der Waals surface area contributed by atoms with Crippen LogP contribution < -0.4 is 11.3 Å². The lowest BCUT2D eigenvalue weighted by molar-refractivity contribution is 0.560. The van der Waals surface area contributed by atoms with Crippen LogP contribution in [0.25, 0.3) is 5.69 Å². The fourth-order valence-electron chi connectivity index (χ4n) is 1.94. The van der Waals surface area contributed by atoms with Gasteiger partial charge in [0.15, 0.2) is 0 Å². The first-order chi connectivity index (χ1) is 8.47. The summed E-state index contributed by atoms with van der Waals surface area (Å²) in [7, 11) is 0. The molecule has 0 amide bonds. The molecule has 1 aromatic heterocycles. The Morgan fingerprint density at radius 3 is 2.56 bits per heavy atom. The van der Waals surface area contributed by atoms with E-state index >= 15 is 0 Å². The van der Waals surface area contributed by atoms with Gasteiger partial charge < -0.3 is 5.73 Å². The third-order valence-electron chi connectivity index (χ3n) is 2.88. The van der Waals surface area contributed by atoms with Gasteiger partial charge in [0.05, 0.1) is 16.4 Å². The molecule has 0 saturated heterocycles. The number of nitrogens with zero attached hydrogens (tertiary/aromatic N) is 2. The van der Waals surface area contributed by atoms with Crippen LogP contribution >= 0.6 is 23.2 Å². The van der Waals surface area contributed by atoms with Gasteiger partial charge >= 0.3 is 0 Å². The lowest BCUT2D eigenvalue weighted by atomic mass is 10.3. The molecule has 4 nitrogen and oxygen atoms in total. The molecule has 6 heteroatoms. The molecule has 0 aliphatic carbocycles. The third kappa shape index (κ3) is 1.91. The predicted octanol–water partition coefficient (Wildman–Crippen LogP) is 2.86. The van der Waals surface area contributed by atoms with E-state index in [1.165, 1.54) is 4.68 Å². The highest BCUT2D eigenvalue weighted by molar-refractivity contribution is 6.35. The fraction of sp³-hybridized carbons (Fsp3) is 0.250. The zero-order valence-corrected chi connectivity index (χ0v) is 11.6. The second kappa shape index (κ2) is 4.71. The van der Waals surface area contributed by atoms with Crippen molar-refractivity contribution >= 4 is 28.9 Å². The maximum atomic E-state index is 12.1. The summed E-state index contributed by atoms with van der Waals surface area (Å²) in [6.07, 6.45) is 0. The smallest absolute Gasteiger partial charge is 0.294 e. The van der Waals surface area contributed by atoms with Gasteiger partial charge in [-0.25, -0.2) is 4.68 Å². The first-order valence-corrected chi connectivity index (χ1v) is 6.26. The average Bonchev–Trinajstić information content (AvgIpc) is 2.54. The second-order valence-electron chi connectivity index (χ2n) is 3.93. The Morgan fingerprint density at radius 1 is 1.33 bits per heavy atom. The standard InChI is InChI=1S/C12H13Cl2N3O/c1-3-16-7(2)11(15)12(18)17(16)10-5-4-8(13)6-9(10)14/h4-6H,3,15H2,1-2H3. The van der Waals surface area contributed by atoms with E-state index in [2.05, 4.69) is 0 Å². The fourth-order valence-corrected chi connectivity index (χ4v) is 2.43. The van der Waals surface area contributed by atoms with Gasteiger partial charge in [0.1, 0.15) is 5.69 Å². The van der Waals surface area contributed by atoms with Gasteiger partial charge in [-0.1, -0.05) is 23.2 Å². The number of benzene rings is 1. The van der Waals surface area contributed by atoms with Gasteiger partial charge in [0.2, 0.25) is 0 Å². The Labute approximate surface area is 115 Å². The number of nitrogens with two attached hydrogens (primary N) is 1. The zero-order chi connectivity index (χ0) is 13.4. The number of halogens is 2. The summed E-state index contributed by atoms with van der Waals surface area (Å²) >= 11 is 12.0. The molecule has 0 atom stereocenters. The molecule has 0 aliphatic heterocycles. The van der Waals surface area contributed by atoms with Crippen molar-refractivity contribution in [1.82, 2.24) is 9.36 Å². The Kier molecular flexibility index (Phi) is 3.41. The Morgan fingerprint density at radius 2 is 2.00 bits per heavy atom. The Hall–Kier alpha value is -1.39. The monoisotopic (exact) mass is 285 g/mol. The number of anilines is 1. The maximum Gasteiger partial charge on any atom is 0.294 e. The average molecular weight is 286 g/mol. The second-order valence-corrected chi connectivity index (χ2v) is 4.77. The first kappa shape index (κ1) is 13.1. The van der Waals surface area contributed by atoms with Gasteiger partial charge in [-0.3, -0.25) is 9.48 Å². The van der Waals surface area contributed by atoms with Crippen LogP contribution in [0.1, 0.15) is 12.6 Å². The molecule has 0 aliphatic rings. The quantitative estimate of drug-likeness (QED) is 0.923. The lowest BCUT2D eigenvalue weighted by Gasteiger charge is -2.12. The van der Waals surface area contributed by atoms with E-state index in [0.717, 1.165) is 5.69 Å². The molecule has 96 valence electrons. The molecule has 2 aromatic rings. The molecule has 0 spiro atoms. The van der Waals surface area contributed by atoms with Gasteiger partial charge in [0.25, 0.3) is 5.56 Å². The molecule has 2 rings (SSSR count). The highest BCUT2D eigenvalue weighted by Gasteiger charge is 2.16.